The van der Waals surface area contributed by atoms with E-state index in [1.165, 1.54) is 0 Å². The quantitative estimate of drug-likeness (QED) is 0.736. The first kappa shape index (κ1) is 18.2. The number of hydrogen-bond acceptors (Lipinski definition) is 4. The number of piperazine rings is 1. The van der Waals surface area contributed by atoms with Gasteiger partial charge in [0.1, 0.15) is 0 Å². The summed E-state index contributed by atoms with van der Waals surface area (Å²) in [5, 5.41) is 10.8. The summed E-state index contributed by atoms with van der Waals surface area (Å²) in [4.78, 5) is 13.6. The van der Waals surface area contributed by atoms with Crippen LogP contribution in [0.3, 0.4) is 0 Å². The van der Waals surface area contributed by atoms with Crippen molar-refractivity contribution in [3.63, 3.8) is 0 Å². The van der Waals surface area contributed by atoms with Crippen LogP contribution >= 0.6 is 24.8 Å². The van der Waals surface area contributed by atoms with Crippen molar-refractivity contribution in [3.8, 4) is 0 Å². The van der Waals surface area contributed by atoms with Crippen molar-refractivity contribution in [1.29, 1.82) is 5.41 Å². The number of carbonyl (C=O) groups excluding carboxylic acids is 1. The third-order valence-corrected chi connectivity index (χ3v) is 2.41. The Hall–Kier alpha value is -0.160. The second-order valence-corrected chi connectivity index (χ2v) is 3.68. The number of rotatable bonds is 5. The number of halogens is 2. The monoisotopic (exact) mass is 269 g/mol. The van der Waals surface area contributed by atoms with Gasteiger partial charge < -0.3 is 10.7 Å². The molecule has 0 spiro atoms. The highest BCUT2D eigenvalue weighted by Crippen LogP contribution is 1.96. The maximum Gasteiger partial charge on any atom is 0.190 e. The molecule has 0 saturated carbocycles. The van der Waals surface area contributed by atoms with E-state index in [1.54, 1.807) is 0 Å². The summed E-state index contributed by atoms with van der Waals surface area (Å²) in [6.45, 7) is 6.17. The van der Waals surface area contributed by atoms with Gasteiger partial charge in [-0.3, -0.25) is 9.69 Å². The molecule has 1 heterocycles. The van der Waals surface area contributed by atoms with Crippen molar-refractivity contribution in [2.45, 2.75) is 19.8 Å². The molecule has 16 heavy (non-hydrogen) atoms. The molecule has 0 aliphatic carbocycles. The molecule has 0 bridgehead atoms. The van der Waals surface area contributed by atoms with E-state index in [0.717, 1.165) is 32.6 Å². The molecule has 0 aromatic carbocycles. The predicted molar refractivity (Wildman–Crippen MR) is 71.4 cm³/mol. The van der Waals surface area contributed by atoms with Crippen molar-refractivity contribution in [3.05, 3.63) is 0 Å². The molecule has 1 aliphatic heterocycles. The maximum atomic E-state index is 11.5. The van der Waals surface area contributed by atoms with Gasteiger partial charge in [0.15, 0.2) is 5.78 Å². The maximum absolute atomic E-state index is 11.5. The largest absolute Gasteiger partial charge is 0.314 e. The number of carbonyl (C=O) groups is 1. The van der Waals surface area contributed by atoms with E-state index in [1.807, 2.05) is 6.92 Å². The Kier molecular flexibility index (Phi) is 11.4. The van der Waals surface area contributed by atoms with Gasteiger partial charge in [-0.15, -0.1) is 24.8 Å². The van der Waals surface area contributed by atoms with E-state index in [4.69, 9.17) is 5.41 Å². The predicted octanol–water partition coefficient (Wildman–Crippen LogP) is 1.12. The average Bonchev–Trinajstić information content (AvgIpc) is 2.19. The van der Waals surface area contributed by atoms with Crippen LogP contribution in [0.5, 0.6) is 0 Å². The summed E-state index contributed by atoms with van der Waals surface area (Å²) in [5.74, 6) is -0.00579. The molecule has 1 fully saturated rings. The summed E-state index contributed by atoms with van der Waals surface area (Å²) >= 11 is 0. The summed E-state index contributed by atoms with van der Waals surface area (Å²) in [5.41, 5.74) is 0.283. The molecule has 0 aromatic rings. The van der Waals surface area contributed by atoms with E-state index in [-0.39, 0.29) is 36.3 Å². The Morgan fingerprint density at radius 3 is 2.38 bits per heavy atom. The summed E-state index contributed by atoms with van der Waals surface area (Å²) in [6, 6.07) is 0. The van der Waals surface area contributed by atoms with Gasteiger partial charge in [0.05, 0.1) is 12.3 Å². The molecule has 1 rings (SSSR count). The van der Waals surface area contributed by atoms with Gasteiger partial charge in [-0.2, -0.15) is 0 Å². The second-order valence-electron chi connectivity index (χ2n) is 3.68. The molecule has 0 amide bonds. The SMILES string of the molecule is CCCC(=N)C(=O)CN1CCNCC1.Cl.Cl. The van der Waals surface area contributed by atoms with Crippen LogP contribution in [0.4, 0.5) is 0 Å². The molecule has 2 N–H and O–H groups in total. The fourth-order valence-corrected chi connectivity index (χ4v) is 1.56. The van der Waals surface area contributed by atoms with Crippen LogP contribution in [-0.4, -0.2) is 49.1 Å². The van der Waals surface area contributed by atoms with E-state index in [9.17, 15) is 4.79 Å². The third kappa shape index (κ3) is 6.43. The normalized spacial score (nSPS) is 15.8. The lowest BCUT2D eigenvalue weighted by molar-refractivity contribution is -0.114. The fourth-order valence-electron chi connectivity index (χ4n) is 1.56. The Bertz CT molecular complexity index is 218. The Morgan fingerprint density at radius 1 is 1.31 bits per heavy atom. The summed E-state index contributed by atoms with van der Waals surface area (Å²) in [7, 11) is 0. The second kappa shape index (κ2) is 10.0. The number of nitrogens with zero attached hydrogens (tertiary/aromatic N) is 1. The van der Waals surface area contributed by atoms with Gasteiger partial charge in [0.25, 0.3) is 0 Å². The lowest BCUT2D eigenvalue weighted by Gasteiger charge is -2.26. The fraction of sp³-hybridized carbons (Fsp3) is 0.800. The first-order valence-corrected chi connectivity index (χ1v) is 5.27. The molecular formula is C10H21Cl2N3O. The highest BCUT2D eigenvalue weighted by atomic mass is 35.5. The molecule has 0 aromatic heterocycles. The van der Waals surface area contributed by atoms with Crippen molar-refractivity contribution >= 4 is 36.3 Å². The van der Waals surface area contributed by atoms with Crippen LogP contribution in [0.15, 0.2) is 0 Å². The zero-order valence-electron chi connectivity index (χ0n) is 9.62. The van der Waals surface area contributed by atoms with Crippen LogP contribution in [0, 0.1) is 5.41 Å². The first-order valence-electron chi connectivity index (χ1n) is 5.27. The van der Waals surface area contributed by atoms with Gasteiger partial charge in [-0.25, -0.2) is 0 Å². The van der Waals surface area contributed by atoms with E-state index in [0.29, 0.717) is 13.0 Å². The minimum atomic E-state index is -0.00579. The van der Waals surface area contributed by atoms with Gasteiger partial charge in [0.2, 0.25) is 0 Å². The zero-order chi connectivity index (χ0) is 10.4. The Morgan fingerprint density at radius 2 is 1.88 bits per heavy atom. The number of ketones is 1. The number of hydrogen-bond donors (Lipinski definition) is 2. The number of Topliss-reactive ketones (excluding diaryl/α,β-unsaturated/α-hetero) is 1. The van der Waals surface area contributed by atoms with Crippen molar-refractivity contribution < 1.29 is 4.79 Å². The highest BCUT2D eigenvalue weighted by Gasteiger charge is 2.15. The molecule has 0 unspecified atom stereocenters. The topological polar surface area (TPSA) is 56.2 Å². The minimum absolute atomic E-state index is 0. The lowest BCUT2D eigenvalue weighted by atomic mass is 10.1. The number of nitrogens with one attached hydrogen (secondary N) is 2. The molecule has 0 radical (unpaired) electrons. The third-order valence-electron chi connectivity index (χ3n) is 2.41. The van der Waals surface area contributed by atoms with Gasteiger partial charge >= 0.3 is 0 Å². The molecular weight excluding hydrogens is 249 g/mol. The molecule has 0 atom stereocenters. The van der Waals surface area contributed by atoms with Crippen LogP contribution < -0.4 is 5.32 Å². The zero-order valence-corrected chi connectivity index (χ0v) is 11.3. The van der Waals surface area contributed by atoms with Crippen molar-refractivity contribution in [2.24, 2.45) is 0 Å². The van der Waals surface area contributed by atoms with Crippen LogP contribution in [0.1, 0.15) is 19.8 Å². The van der Waals surface area contributed by atoms with Crippen LogP contribution in [-0.2, 0) is 4.79 Å². The summed E-state index contributed by atoms with van der Waals surface area (Å²) < 4.78 is 0. The van der Waals surface area contributed by atoms with E-state index < -0.39 is 0 Å². The molecule has 1 aliphatic rings. The highest BCUT2D eigenvalue weighted by molar-refractivity contribution is 6.39. The lowest BCUT2D eigenvalue weighted by Crippen LogP contribution is -2.46. The minimum Gasteiger partial charge on any atom is -0.314 e. The smallest absolute Gasteiger partial charge is 0.190 e. The van der Waals surface area contributed by atoms with Crippen molar-refractivity contribution in [1.82, 2.24) is 10.2 Å². The van der Waals surface area contributed by atoms with E-state index >= 15 is 0 Å². The first-order chi connectivity index (χ1) is 6.74. The average molecular weight is 270 g/mol. The molecule has 6 heteroatoms. The van der Waals surface area contributed by atoms with Gasteiger partial charge in [0, 0.05) is 26.2 Å². The van der Waals surface area contributed by atoms with Crippen LogP contribution in [0.25, 0.3) is 0 Å². The standard InChI is InChI=1S/C10H19N3O.2ClH/c1-2-3-9(11)10(14)8-13-6-4-12-5-7-13;;/h11-12H,2-8H2,1H3;2*1H. The molecule has 4 nitrogen and oxygen atoms in total. The van der Waals surface area contributed by atoms with E-state index in [2.05, 4.69) is 10.2 Å². The summed E-state index contributed by atoms with van der Waals surface area (Å²) in [6.07, 6.45) is 1.50. The van der Waals surface area contributed by atoms with Gasteiger partial charge in [-0.1, -0.05) is 13.3 Å². The Labute approximate surface area is 109 Å². The molecule has 1 saturated heterocycles. The van der Waals surface area contributed by atoms with Crippen LogP contribution in [0.2, 0.25) is 0 Å². The van der Waals surface area contributed by atoms with Gasteiger partial charge in [-0.05, 0) is 6.42 Å². The van der Waals surface area contributed by atoms with Crippen molar-refractivity contribution in [2.75, 3.05) is 32.7 Å². The molecule has 96 valence electrons. The Balaban J connectivity index is 0.